The van der Waals surface area contributed by atoms with E-state index < -0.39 is 9.84 Å². The lowest BCUT2D eigenvalue weighted by Crippen LogP contribution is -2.16. The van der Waals surface area contributed by atoms with Crippen molar-refractivity contribution in [3.05, 3.63) is 53.5 Å². The van der Waals surface area contributed by atoms with Crippen molar-refractivity contribution in [2.24, 2.45) is 0 Å². The summed E-state index contributed by atoms with van der Waals surface area (Å²) >= 11 is 1.33. The molecule has 0 fully saturated rings. The number of methoxy groups -OCH3 is 1. The second-order valence-corrected chi connectivity index (χ2v) is 9.76. The van der Waals surface area contributed by atoms with Gasteiger partial charge in [0.1, 0.15) is 5.75 Å². The zero-order valence-corrected chi connectivity index (χ0v) is 19.3. The van der Waals surface area contributed by atoms with Crippen LogP contribution in [0.2, 0.25) is 0 Å². The van der Waals surface area contributed by atoms with E-state index >= 15 is 0 Å². The van der Waals surface area contributed by atoms with E-state index in [2.05, 4.69) is 20.9 Å². The Balaban J connectivity index is 1.64. The van der Waals surface area contributed by atoms with E-state index in [9.17, 15) is 18.0 Å². The predicted octanol–water partition coefficient (Wildman–Crippen LogP) is 3.44. The van der Waals surface area contributed by atoms with E-state index in [0.717, 1.165) is 6.26 Å². The lowest BCUT2D eigenvalue weighted by atomic mass is 10.2. The zero-order valence-electron chi connectivity index (χ0n) is 17.6. The van der Waals surface area contributed by atoms with Gasteiger partial charge in [-0.1, -0.05) is 0 Å². The molecule has 9 nitrogen and oxygen atoms in total. The third kappa shape index (κ3) is 6.28. The summed E-state index contributed by atoms with van der Waals surface area (Å²) in [5.41, 5.74) is 2.22. The number of nitrogens with zero attached hydrogens (tertiary/aromatic N) is 1. The highest BCUT2D eigenvalue weighted by molar-refractivity contribution is 7.90. The highest BCUT2D eigenvalue weighted by Crippen LogP contribution is 2.28. The number of hydrogen-bond acceptors (Lipinski definition) is 8. The molecule has 0 unspecified atom stereocenters. The molecule has 0 radical (unpaired) electrons. The summed E-state index contributed by atoms with van der Waals surface area (Å²) in [6.45, 7) is 1.40. The van der Waals surface area contributed by atoms with Crippen LogP contribution in [0.5, 0.6) is 5.75 Å². The average molecular weight is 475 g/mol. The molecular weight excluding hydrogens is 452 g/mol. The number of benzene rings is 2. The van der Waals surface area contributed by atoms with E-state index in [0.29, 0.717) is 33.6 Å². The summed E-state index contributed by atoms with van der Waals surface area (Å²) in [5, 5.41) is 10.9. The van der Waals surface area contributed by atoms with E-state index in [1.807, 2.05) is 0 Å². The molecule has 0 atom stereocenters. The maximum atomic E-state index is 12.5. The summed E-state index contributed by atoms with van der Waals surface area (Å²) in [6, 6.07) is 11.3. The van der Waals surface area contributed by atoms with Gasteiger partial charge in [0.2, 0.25) is 11.8 Å². The number of ether oxygens (including phenoxy) is 1. The van der Waals surface area contributed by atoms with Crippen molar-refractivity contribution in [3.8, 4) is 5.75 Å². The molecule has 0 saturated heterocycles. The minimum atomic E-state index is -3.26. The van der Waals surface area contributed by atoms with Crippen LogP contribution in [0.25, 0.3) is 0 Å². The summed E-state index contributed by atoms with van der Waals surface area (Å²) in [7, 11) is -1.77. The van der Waals surface area contributed by atoms with Crippen LogP contribution in [0.1, 0.15) is 12.6 Å². The van der Waals surface area contributed by atoms with Crippen LogP contribution < -0.4 is 20.7 Å². The number of anilines is 4. The van der Waals surface area contributed by atoms with Gasteiger partial charge in [-0.2, -0.15) is 0 Å². The molecule has 3 aromatic rings. The number of amides is 2. The number of nitrogens with one attached hydrogen (secondary N) is 3. The Bertz CT molecular complexity index is 1240. The van der Waals surface area contributed by atoms with Gasteiger partial charge in [-0.05, 0) is 42.5 Å². The first-order valence-electron chi connectivity index (χ1n) is 9.41. The highest BCUT2D eigenvalue weighted by atomic mass is 32.2. The number of sulfone groups is 1. The molecule has 11 heteroatoms. The third-order valence-electron chi connectivity index (χ3n) is 4.22. The Morgan fingerprint density at radius 1 is 1.06 bits per heavy atom. The minimum Gasteiger partial charge on any atom is -0.495 e. The Morgan fingerprint density at radius 3 is 2.38 bits per heavy atom. The van der Waals surface area contributed by atoms with Crippen molar-refractivity contribution < 1.29 is 22.7 Å². The monoisotopic (exact) mass is 474 g/mol. The van der Waals surface area contributed by atoms with Gasteiger partial charge in [-0.15, -0.1) is 11.3 Å². The largest absolute Gasteiger partial charge is 0.495 e. The first-order valence-corrected chi connectivity index (χ1v) is 12.2. The molecule has 32 heavy (non-hydrogen) atoms. The van der Waals surface area contributed by atoms with Gasteiger partial charge in [-0.25, -0.2) is 13.4 Å². The topological polar surface area (TPSA) is 126 Å². The van der Waals surface area contributed by atoms with Gasteiger partial charge in [0.15, 0.2) is 15.0 Å². The zero-order chi connectivity index (χ0) is 23.3. The smallest absolute Gasteiger partial charge is 0.230 e. The number of carbonyl (C=O) groups is 2. The van der Waals surface area contributed by atoms with Crippen molar-refractivity contribution in [2.45, 2.75) is 18.2 Å². The minimum absolute atomic E-state index is 0.0404. The first kappa shape index (κ1) is 23.2. The van der Waals surface area contributed by atoms with Crippen molar-refractivity contribution in [3.63, 3.8) is 0 Å². The van der Waals surface area contributed by atoms with E-state index in [-0.39, 0.29) is 23.1 Å². The number of thiazole rings is 1. The van der Waals surface area contributed by atoms with Gasteiger partial charge >= 0.3 is 0 Å². The molecule has 1 aromatic heterocycles. The van der Waals surface area contributed by atoms with Crippen LogP contribution >= 0.6 is 11.3 Å². The Kier molecular flexibility index (Phi) is 7.11. The Hall–Kier alpha value is -3.44. The number of aromatic nitrogens is 1. The predicted molar refractivity (Wildman–Crippen MR) is 125 cm³/mol. The van der Waals surface area contributed by atoms with Gasteiger partial charge in [0.25, 0.3) is 0 Å². The van der Waals surface area contributed by atoms with Crippen LogP contribution in [0.15, 0.2) is 52.7 Å². The van der Waals surface area contributed by atoms with Gasteiger partial charge < -0.3 is 20.7 Å². The summed E-state index contributed by atoms with van der Waals surface area (Å²) in [6.07, 6.45) is 1.19. The first-order chi connectivity index (χ1) is 15.1. The molecule has 0 aliphatic heterocycles. The van der Waals surface area contributed by atoms with Gasteiger partial charge in [0, 0.05) is 29.9 Å². The van der Waals surface area contributed by atoms with Crippen molar-refractivity contribution in [1.29, 1.82) is 0 Å². The Labute approximate surface area is 189 Å². The van der Waals surface area contributed by atoms with E-state index in [1.54, 1.807) is 35.7 Å². The van der Waals surface area contributed by atoms with E-state index in [4.69, 9.17) is 4.74 Å². The van der Waals surface area contributed by atoms with Gasteiger partial charge in [0.05, 0.1) is 29.8 Å². The molecule has 0 aliphatic carbocycles. The molecule has 3 N–H and O–H groups in total. The summed E-state index contributed by atoms with van der Waals surface area (Å²) in [4.78, 5) is 28.4. The quantitative estimate of drug-likeness (QED) is 0.456. The van der Waals surface area contributed by atoms with Crippen LogP contribution in [-0.2, 0) is 25.8 Å². The molecule has 2 amide bonds. The fraction of sp³-hybridized carbons (Fsp3) is 0.190. The number of carbonyl (C=O) groups excluding carboxylic acids is 2. The fourth-order valence-corrected chi connectivity index (χ4v) is 4.16. The third-order valence-corrected chi connectivity index (χ3v) is 6.16. The normalized spacial score (nSPS) is 11.0. The standard InChI is InChI=1S/C21H22N4O5S2/c1-13(26)22-15-6-9-19(30-2)18(10-15)25-20(27)11-16-12-31-21(24-16)23-14-4-7-17(8-5-14)32(3,28)29/h4-10,12H,11H2,1-3H3,(H,22,26)(H,23,24)(H,25,27). The molecule has 2 aromatic carbocycles. The molecule has 0 aliphatic rings. The molecule has 0 bridgehead atoms. The number of hydrogen-bond donors (Lipinski definition) is 3. The van der Waals surface area contributed by atoms with Gasteiger partial charge in [-0.3, -0.25) is 9.59 Å². The highest BCUT2D eigenvalue weighted by Gasteiger charge is 2.13. The Morgan fingerprint density at radius 2 is 1.75 bits per heavy atom. The number of rotatable bonds is 8. The molecule has 0 spiro atoms. The fourth-order valence-electron chi connectivity index (χ4n) is 2.80. The second kappa shape index (κ2) is 9.79. The average Bonchev–Trinajstić information content (AvgIpc) is 3.14. The lowest BCUT2D eigenvalue weighted by molar-refractivity contribution is -0.116. The van der Waals surface area contributed by atoms with E-state index in [1.165, 1.54) is 37.5 Å². The molecule has 0 saturated carbocycles. The maximum absolute atomic E-state index is 12.5. The van der Waals surface area contributed by atoms with Crippen LogP contribution in [-0.4, -0.2) is 38.6 Å². The SMILES string of the molecule is COc1ccc(NC(C)=O)cc1NC(=O)Cc1csc(Nc2ccc(S(C)(=O)=O)cc2)n1. The summed E-state index contributed by atoms with van der Waals surface area (Å²) < 4.78 is 28.4. The molecule has 168 valence electrons. The second-order valence-electron chi connectivity index (χ2n) is 6.89. The molecular formula is C21H22N4O5S2. The lowest BCUT2D eigenvalue weighted by Gasteiger charge is -2.12. The van der Waals surface area contributed by atoms with Crippen LogP contribution in [0.3, 0.4) is 0 Å². The molecule has 1 heterocycles. The molecule has 3 rings (SSSR count). The van der Waals surface area contributed by atoms with Crippen LogP contribution in [0, 0.1) is 0 Å². The maximum Gasteiger partial charge on any atom is 0.230 e. The van der Waals surface area contributed by atoms with Crippen molar-refractivity contribution in [1.82, 2.24) is 4.98 Å². The van der Waals surface area contributed by atoms with Crippen LogP contribution in [0.4, 0.5) is 22.2 Å². The van der Waals surface area contributed by atoms with Crippen molar-refractivity contribution >= 4 is 55.2 Å². The van der Waals surface area contributed by atoms with Crippen molar-refractivity contribution in [2.75, 3.05) is 29.3 Å². The summed E-state index contributed by atoms with van der Waals surface area (Å²) in [5.74, 6) is -0.0517.